The fraction of sp³-hybridized carbons (Fsp3) is 0.0833. The molecule has 0 saturated heterocycles. The summed E-state index contributed by atoms with van der Waals surface area (Å²) in [6.45, 7) is 0. The lowest BCUT2D eigenvalue weighted by molar-refractivity contribution is 0.112. The minimum absolute atomic E-state index is 0.200. The Labute approximate surface area is 109 Å². The Morgan fingerprint density at radius 3 is 2.61 bits per heavy atom. The van der Waals surface area contributed by atoms with Crippen LogP contribution in [0.2, 0.25) is 0 Å². The standard InChI is InChI=1S/C12H10O4S2/c1-18(14,15)12-4-2-3-9(6-12)16-10-5-11(7-13)17-8-10/h2-8H,1H3. The molecule has 18 heavy (non-hydrogen) atoms. The number of sulfone groups is 1. The van der Waals surface area contributed by atoms with Gasteiger partial charge in [0.15, 0.2) is 16.1 Å². The second kappa shape index (κ2) is 4.91. The summed E-state index contributed by atoms with van der Waals surface area (Å²) in [5.74, 6) is 0.945. The summed E-state index contributed by atoms with van der Waals surface area (Å²) in [6.07, 6.45) is 1.88. The average molecular weight is 282 g/mol. The molecule has 0 aliphatic carbocycles. The Balaban J connectivity index is 2.27. The smallest absolute Gasteiger partial charge is 0.175 e. The predicted octanol–water partition coefficient (Wildman–Crippen LogP) is 2.76. The monoisotopic (exact) mass is 282 g/mol. The van der Waals surface area contributed by atoms with Gasteiger partial charge in [-0.15, -0.1) is 11.3 Å². The summed E-state index contributed by atoms with van der Waals surface area (Å²) in [7, 11) is -3.25. The molecule has 0 amide bonds. The van der Waals surface area contributed by atoms with Gasteiger partial charge >= 0.3 is 0 Å². The van der Waals surface area contributed by atoms with E-state index in [9.17, 15) is 13.2 Å². The van der Waals surface area contributed by atoms with Crippen LogP contribution in [-0.2, 0) is 9.84 Å². The first kappa shape index (κ1) is 12.8. The lowest BCUT2D eigenvalue weighted by atomic mass is 10.3. The fourth-order valence-corrected chi connectivity index (χ4v) is 2.62. The second-order valence-electron chi connectivity index (χ2n) is 3.65. The third kappa shape index (κ3) is 2.96. The van der Waals surface area contributed by atoms with E-state index in [1.807, 2.05) is 0 Å². The van der Waals surface area contributed by atoms with E-state index in [1.165, 1.54) is 23.5 Å². The molecule has 0 saturated carbocycles. The van der Waals surface area contributed by atoms with Crippen LogP contribution in [0.3, 0.4) is 0 Å². The van der Waals surface area contributed by atoms with Crippen molar-refractivity contribution in [3.05, 3.63) is 40.6 Å². The zero-order chi connectivity index (χ0) is 13.2. The van der Waals surface area contributed by atoms with Crippen molar-refractivity contribution >= 4 is 27.5 Å². The summed E-state index contributed by atoms with van der Waals surface area (Å²) in [6, 6.07) is 7.83. The Hall–Kier alpha value is -1.66. The highest BCUT2D eigenvalue weighted by Crippen LogP contribution is 2.27. The maximum atomic E-state index is 11.4. The molecule has 0 N–H and O–H groups in total. The molecule has 0 aliphatic rings. The van der Waals surface area contributed by atoms with Crippen LogP contribution < -0.4 is 4.74 Å². The topological polar surface area (TPSA) is 60.4 Å². The van der Waals surface area contributed by atoms with Gasteiger partial charge in [0.1, 0.15) is 11.5 Å². The van der Waals surface area contributed by atoms with Gasteiger partial charge in [-0.25, -0.2) is 8.42 Å². The van der Waals surface area contributed by atoms with Gasteiger partial charge in [-0.2, -0.15) is 0 Å². The van der Waals surface area contributed by atoms with Gasteiger partial charge in [-0.05, 0) is 18.2 Å². The van der Waals surface area contributed by atoms with E-state index in [0.29, 0.717) is 16.4 Å². The van der Waals surface area contributed by atoms with Crippen LogP contribution in [0.25, 0.3) is 0 Å². The van der Waals surface area contributed by atoms with Crippen molar-refractivity contribution in [2.45, 2.75) is 4.90 Å². The molecule has 2 aromatic rings. The molecular weight excluding hydrogens is 272 g/mol. The van der Waals surface area contributed by atoms with E-state index in [2.05, 4.69) is 0 Å². The number of hydrogen-bond donors (Lipinski definition) is 0. The molecule has 0 atom stereocenters. The fourth-order valence-electron chi connectivity index (χ4n) is 1.35. The maximum absolute atomic E-state index is 11.4. The molecule has 0 spiro atoms. The van der Waals surface area contributed by atoms with Gasteiger partial charge in [0.05, 0.1) is 9.77 Å². The van der Waals surface area contributed by atoms with Crippen LogP contribution in [0.5, 0.6) is 11.5 Å². The van der Waals surface area contributed by atoms with Crippen molar-refractivity contribution in [1.82, 2.24) is 0 Å². The summed E-state index contributed by atoms with van der Waals surface area (Å²) in [5.41, 5.74) is 0. The van der Waals surface area contributed by atoms with Crippen LogP contribution in [0, 0.1) is 0 Å². The number of hydrogen-bond acceptors (Lipinski definition) is 5. The van der Waals surface area contributed by atoms with Crippen LogP contribution in [-0.4, -0.2) is 21.0 Å². The van der Waals surface area contributed by atoms with Crippen molar-refractivity contribution < 1.29 is 17.9 Å². The molecule has 0 fully saturated rings. The highest BCUT2D eigenvalue weighted by molar-refractivity contribution is 7.90. The highest BCUT2D eigenvalue weighted by Gasteiger charge is 2.08. The first-order valence-corrected chi connectivity index (χ1v) is 7.78. The summed E-state index contributed by atoms with van der Waals surface area (Å²) >= 11 is 1.27. The van der Waals surface area contributed by atoms with Gasteiger partial charge in [0.2, 0.25) is 0 Å². The van der Waals surface area contributed by atoms with Gasteiger partial charge < -0.3 is 4.74 Å². The number of carbonyl (C=O) groups excluding carboxylic acids is 1. The lowest BCUT2D eigenvalue weighted by Crippen LogP contribution is -1.96. The second-order valence-corrected chi connectivity index (χ2v) is 6.61. The largest absolute Gasteiger partial charge is 0.456 e. The van der Waals surface area contributed by atoms with Crippen molar-refractivity contribution in [2.24, 2.45) is 0 Å². The van der Waals surface area contributed by atoms with Crippen molar-refractivity contribution in [1.29, 1.82) is 0 Å². The van der Waals surface area contributed by atoms with E-state index in [1.54, 1.807) is 23.6 Å². The zero-order valence-corrected chi connectivity index (χ0v) is 11.1. The number of carbonyl (C=O) groups is 1. The van der Waals surface area contributed by atoms with Crippen LogP contribution >= 0.6 is 11.3 Å². The maximum Gasteiger partial charge on any atom is 0.175 e. The molecule has 0 radical (unpaired) electrons. The third-order valence-corrected chi connectivity index (χ3v) is 4.13. The number of aldehydes is 1. The molecule has 2 rings (SSSR count). The van der Waals surface area contributed by atoms with Gasteiger partial charge in [0.25, 0.3) is 0 Å². The Morgan fingerprint density at radius 1 is 1.22 bits per heavy atom. The van der Waals surface area contributed by atoms with Crippen molar-refractivity contribution in [3.8, 4) is 11.5 Å². The number of thiophene rings is 1. The van der Waals surface area contributed by atoms with E-state index < -0.39 is 9.84 Å². The number of benzene rings is 1. The molecule has 94 valence electrons. The molecule has 1 aromatic heterocycles. The van der Waals surface area contributed by atoms with Crippen molar-refractivity contribution in [2.75, 3.05) is 6.26 Å². The molecular formula is C12H10O4S2. The number of rotatable bonds is 4. The van der Waals surface area contributed by atoms with E-state index in [-0.39, 0.29) is 4.90 Å². The first-order valence-electron chi connectivity index (χ1n) is 5.01. The van der Waals surface area contributed by atoms with Crippen LogP contribution in [0.15, 0.2) is 40.6 Å². The Morgan fingerprint density at radius 2 is 2.00 bits per heavy atom. The molecule has 0 aliphatic heterocycles. The van der Waals surface area contributed by atoms with E-state index in [4.69, 9.17) is 4.74 Å². The van der Waals surface area contributed by atoms with Crippen LogP contribution in [0.4, 0.5) is 0 Å². The average Bonchev–Trinajstić information content (AvgIpc) is 2.76. The minimum atomic E-state index is -3.25. The molecule has 4 nitrogen and oxygen atoms in total. The highest BCUT2D eigenvalue weighted by atomic mass is 32.2. The van der Waals surface area contributed by atoms with Crippen molar-refractivity contribution in [3.63, 3.8) is 0 Å². The predicted molar refractivity (Wildman–Crippen MR) is 69.3 cm³/mol. The molecule has 6 heteroatoms. The van der Waals surface area contributed by atoms with Gasteiger partial charge in [-0.3, -0.25) is 4.79 Å². The normalized spacial score (nSPS) is 11.2. The molecule has 1 aromatic carbocycles. The molecule has 0 bridgehead atoms. The third-order valence-electron chi connectivity index (χ3n) is 2.18. The molecule has 1 heterocycles. The molecule has 0 unspecified atom stereocenters. The van der Waals surface area contributed by atoms with Gasteiger partial charge in [-0.1, -0.05) is 6.07 Å². The van der Waals surface area contributed by atoms with E-state index in [0.717, 1.165) is 12.5 Å². The quantitative estimate of drug-likeness (QED) is 0.809. The SMILES string of the molecule is CS(=O)(=O)c1cccc(Oc2csc(C=O)c2)c1. The summed E-state index contributed by atoms with van der Waals surface area (Å²) in [4.78, 5) is 11.3. The summed E-state index contributed by atoms with van der Waals surface area (Å²) < 4.78 is 28.3. The minimum Gasteiger partial charge on any atom is -0.456 e. The zero-order valence-electron chi connectivity index (χ0n) is 9.49. The van der Waals surface area contributed by atoms with Gasteiger partial charge in [0, 0.05) is 17.7 Å². The Bertz CT molecular complexity index is 671. The first-order chi connectivity index (χ1) is 8.49. The van der Waals surface area contributed by atoms with E-state index >= 15 is 0 Å². The lowest BCUT2D eigenvalue weighted by Gasteiger charge is -2.04. The summed E-state index contributed by atoms with van der Waals surface area (Å²) in [5, 5.41) is 1.69. The number of ether oxygens (including phenoxy) is 1. The van der Waals surface area contributed by atoms with Crippen LogP contribution in [0.1, 0.15) is 9.67 Å². The Kier molecular flexibility index (Phi) is 3.49.